The monoisotopic (exact) mass is 224 g/mol. The Kier molecular flexibility index (Phi) is 2.30. The van der Waals surface area contributed by atoms with Crippen LogP contribution in [0.25, 0.3) is 0 Å². The molecule has 1 atom stereocenters. The molecule has 0 aliphatic carbocycles. The molecule has 1 N–H and O–H groups in total. The molecule has 7 heteroatoms. The van der Waals surface area contributed by atoms with Crippen LogP contribution in [0.1, 0.15) is 0 Å². The molecule has 0 saturated carbocycles. The van der Waals surface area contributed by atoms with Crippen molar-refractivity contribution in [1.82, 2.24) is 14.5 Å². The predicted molar refractivity (Wildman–Crippen MR) is 55.1 cm³/mol. The van der Waals surface area contributed by atoms with Crippen molar-refractivity contribution in [3.8, 4) is 0 Å². The van der Waals surface area contributed by atoms with Crippen LogP contribution in [0.4, 0.5) is 10.7 Å². The van der Waals surface area contributed by atoms with E-state index in [9.17, 15) is 9.59 Å². The van der Waals surface area contributed by atoms with E-state index in [2.05, 4.69) is 4.98 Å². The Morgan fingerprint density at radius 2 is 2.25 bits per heavy atom. The summed E-state index contributed by atoms with van der Waals surface area (Å²) in [5.41, 5.74) is 0. The number of carboxylic acid groups (broad SMARTS) is 1. The number of urea groups is 1. The second-order valence-corrected chi connectivity index (χ2v) is 3.70. The number of carboxylic acids is 1. The van der Waals surface area contributed by atoms with Crippen molar-refractivity contribution in [2.24, 2.45) is 7.05 Å². The lowest BCUT2D eigenvalue weighted by Gasteiger charge is -2.14. The number of aromatic nitrogens is 2. The number of carbonyl (C=O) groups is 2. The van der Waals surface area contributed by atoms with Crippen LogP contribution in [0.2, 0.25) is 0 Å². The number of nitrogens with zero attached hydrogens (tertiary/aromatic N) is 4. The molecular weight excluding hydrogens is 212 g/mol. The van der Waals surface area contributed by atoms with Crippen LogP contribution in [0.5, 0.6) is 0 Å². The molecule has 1 saturated heterocycles. The molecule has 7 nitrogen and oxygen atoms in total. The lowest BCUT2D eigenvalue weighted by atomic mass is 10.3. The maximum Gasteiger partial charge on any atom is 0.328 e. The average molecular weight is 224 g/mol. The van der Waals surface area contributed by atoms with E-state index in [1.165, 1.54) is 16.8 Å². The van der Waals surface area contributed by atoms with Crippen molar-refractivity contribution in [2.45, 2.75) is 6.04 Å². The zero-order valence-electron chi connectivity index (χ0n) is 8.99. The van der Waals surface area contributed by atoms with E-state index < -0.39 is 12.0 Å². The number of likely N-dealkylation sites (N-methyl/N-ethyl adjacent to an activating group) is 1. The fourth-order valence-electron chi connectivity index (χ4n) is 1.73. The zero-order valence-corrected chi connectivity index (χ0v) is 8.99. The molecule has 2 heterocycles. The molecule has 1 aliphatic heterocycles. The van der Waals surface area contributed by atoms with E-state index in [0.717, 1.165) is 0 Å². The summed E-state index contributed by atoms with van der Waals surface area (Å²) in [7, 11) is 3.23. The molecule has 0 bridgehead atoms. The number of aryl methyl sites for hydroxylation is 1. The van der Waals surface area contributed by atoms with E-state index in [0.29, 0.717) is 5.95 Å². The lowest BCUT2D eigenvalue weighted by Crippen LogP contribution is -2.36. The van der Waals surface area contributed by atoms with Gasteiger partial charge in [0, 0.05) is 26.5 Å². The van der Waals surface area contributed by atoms with E-state index in [4.69, 9.17) is 5.11 Å². The van der Waals surface area contributed by atoms with Gasteiger partial charge in [0.2, 0.25) is 5.95 Å². The number of anilines is 1. The summed E-state index contributed by atoms with van der Waals surface area (Å²) in [5.74, 6) is -0.548. The van der Waals surface area contributed by atoms with Crippen molar-refractivity contribution in [2.75, 3.05) is 18.5 Å². The summed E-state index contributed by atoms with van der Waals surface area (Å²) >= 11 is 0. The Morgan fingerprint density at radius 3 is 2.69 bits per heavy atom. The maximum absolute atomic E-state index is 11.8. The standard InChI is InChI=1S/C9H12N4O3/c1-11-4-3-10-8(11)13-5-6(7(14)15)12(2)9(13)16/h3-4,6H,5H2,1-2H3,(H,14,15). The van der Waals surface area contributed by atoms with Crippen molar-refractivity contribution in [1.29, 1.82) is 0 Å². The quantitative estimate of drug-likeness (QED) is 0.751. The summed E-state index contributed by atoms with van der Waals surface area (Å²) < 4.78 is 1.68. The zero-order chi connectivity index (χ0) is 11.9. The molecule has 1 aliphatic rings. The molecule has 1 aromatic heterocycles. The number of hydrogen-bond acceptors (Lipinski definition) is 3. The summed E-state index contributed by atoms with van der Waals surface area (Å²) in [6.45, 7) is 0.121. The van der Waals surface area contributed by atoms with E-state index in [-0.39, 0.29) is 12.6 Å². The van der Waals surface area contributed by atoms with Gasteiger partial charge in [-0.1, -0.05) is 0 Å². The number of amides is 2. The minimum atomic E-state index is -1.01. The van der Waals surface area contributed by atoms with Crippen LogP contribution in [-0.4, -0.2) is 51.2 Å². The van der Waals surface area contributed by atoms with Crippen LogP contribution in [-0.2, 0) is 11.8 Å². The summed E-state index contributed by atoms with van der Waals surface area (Å²) in [4.78, 5) is 29.3. The topological polar surface area (TPSA) is 78.7 Å². The van der Waals surface area contributed by atoms with Gasteiger partial charge in [-0.2, -0.15) is 0 Å². The molecule has 2 rings (SSSR count). The summed E-state index contributed by atoms with van der Waals surface area (Å²) in [5, 5.41) is 8.94. The molecule has 86 valence electrons. The molecule has 2 amide bonds. The molecule has 1 unspecified atom stereocenters. The van der Waals surface area contributed by atoms with Gasteiger partial charge in [0.1, 0.15) is 6.04 Å². The van der Waals surface area contributed by atoms with Crippen molar-refractivity contribution in [3.05, 3.63) is 12.4 Å². The highest BCUT2D eigenvalue weighted by Gasteiger charge is 2.41. The van der Waals surface area contributed by atoms with E-state index in [1.54, 1.807) is 24.0 Å². The first-order valence-corrected chi connectivity index (χ1v) is 4.77. The Labute approximate surface area is 91.9 Å². The first-order chi connectivity index (χ1) is 7.52. The smallest absolute Gasteiger partial charge is 0.328 e. The molecule has 16 heavy (non-hydrogen) atoms. The van der Waals surface area contributed by atoms with Crippen molar-refractivity contribution >= 4 is 17.9 Å². The first kappa shape index (κ1) is 10.5. The minimum absolute atomic E-state index is 0.121. The Balaban J connectivity index is 2.30. The number of rotatable bonds is 2. The maximum atomic E-state index is 11.8. The normalized spacial score (nSPS) is 20.6. The highest BCUT2D eigenvalue weighted by atomic mass is 16.4. The highest BCUT2D eigenvalue weighted by Crippen LogP contribution is 2.20. The summed E-state index contributed by atoms with van der Waals surface area (Å²) in [6.07, 6.45) is 3.27. The van der Waals surface area contributed by atoms with Gasteiger partial charge in [-0.3, -0.25) is 4.90 Å². The fourth-order valence-corrected chi connectivity index (χ4v) is 1.73. The average Bonchev–Trinajstić information content (AvgIpc) is 2.74. The van der Waals surface area contributed by atoms with Gasteiger partial charge in [0.05, 0.1) is 6.54 Å². The third-order valence-corrected chi connectivity index (χ3v) is 2.68. The van der Waals surface area contributed by atoms with Gasteiger partial charge in [0.15, 0.2) is 0 Å². The van der Waals surface area contributed by atoms with Gasteiger partial charge in [-0.05, 0) is 0 Å². The van der Waals surface area contributed by atoms with Gasteiger partial charge >= 0.3 is 12.0 Å². The second-order valence-electron chi connectivity index (χ2n) is 3.70. The SMILES string of the molecule is CN1C(=O)N(c2nccn2C)CC1C(=O)O. The molecule has 1 aromatic rings. The van der Waals surface area contributed by atoms with Crippen LogP contribution in [0.15, 0.2) is 12.4 Å². The molecule has 1 fully saturated rings. The van der Waals surface area contributed by atoms with Crippen LogP contribution < -0.4 is 4.90 Å². The van der Waals surface area contributed by atoms with Crippen molar-refractivity contribution < 1.29 is 14.7 Å². The first-order valence-electron chi connectivity index (χ1n) is 4.77. The number of hydrogen-bond donors (Lipinski definition) is 1. The number of aliphatic carboxylic acids is 1. The second kappa shape index (κ2) is 3.51. The van der Waals surface area contributed by atoms with Gasteiger partial charge < -0.3 is 14.6 Å². The lowest BCUT2D eigenvalue weighted by molar-refractivity contribution is -0.140. The molecular formula is C9H12N4O3. The fraction of sp³-hybridized carbons (Fsp3) is 0.444. The summed E-state index contributed by atoms with van der Waals surface area (Å²) in [6, 6.07) is -1.16. The van der Waals surface area contributed by atoms with Crippen LogP contribution >= 0.6 is 0 Å². The molecule has 0 spiro atoms. The van der Waals surface area contributed by atoms with Gasteiger partial charge in [0.25, 0.3) is 0 Å². The van der Waals surface area contributed by atoms with Gasteiger partial charge in [-0.25, -0.2) is 14.6 Å². The Morgan fingerprint density at radius 1 is 1.56 bits per heavy atom. The van der Waals surface area contributed by atoms with Crippen LogP contribution in [0.3, 0.4) is 0 Å². The van der Waals surface area contributed by atoms with Crippen molar-refractivity contribution in [3.63, 3.8) is 0 Å². The number of carbonyl (C=O) groups excluding carboxylic acids is 1. The van der Waals surface area contributed by atoms with E-state index in [1.807, 2.05) is 0 Å². The predicted octanol–water partition coefficient (Wildman–Crippen LogP) is -0.255. The Bertz CT molecular complexity index is 442. The number of imidazole rings is 1. The largest absolute Gasteiger partial charge is 0.480 e. The third-order valence-electron chi connectivity index (χ3n) is 2.68. The van der Waals surface area contributed by atoms with Gasteiger partial charge in [-0.15, -0.1) is 0 Å². The third kappa shape index (κ3) is 1.40. The van der Waals surface area contributed by atoms with Crippen LogP contribution in [0, 0.1) is 0 Å². The minimum Gasteiger partial charge on any atom is -0.480 e. The highest BCUT2D eigenvalue weighted by molar-refractivity contribution is 5.97. The Hall–Kier alpha value is -2.05. The molecule has 0 radical (unpaired) electrons. The molecule has 0 aromatic carbocycles. The van der Waals surface area contributed by atoms with E-state index >= 15 is 0 Å².